The quantitative estimate of drug-likeness (QED) is 0.619. The van der Waals surface area contributed by atoms with Gasteiger partial charge in [-0.3, -0.25) is 4.90 Å². The smallest absolute Gasteiger partial charge is 0.119 e. The summed E-state index contributed by atoms with van der Waals surface area (Å²) in [5, 5.41) is 9.51. The summed E-state index contributed by atoms with van der Waals surface area (Å²) >= 11 is 0. The van der Waals surface area contributed by atoms with Gasteiger partial charge in [0.2, 0.25) is 0 Å². The van der Waals surface area contributed by atoms with Crippen LogP contribution in [0, 0.1) is 0 Å². The Morgan fingerprint density at radius 1 is 0.935 bits per heavy atom. The molecule has 1 saturated heterocycles. The first-order chi connectivity index (χ1) is 15.3. The van der Waals surface area contributed by atoms with Crippen LogP contribution in [0.25, 0.3) is 0 Å². The number of rotatable bonds is 9. The average Bonchev–Trinajstić information content (AvgIpc) is 2.82. The van der Waals surface area contributed by atoms with Crippen molar-refractivity contribution in [1.29, 1.82) is 0 Å². The maximum absolute atomic E-state index is 9.51. The molecular weight excluding hydrogens is 388 g/mol. The molecule has 0 saturated carbocycles. The molecule has 168 valence electrons. The number of β-amino-alcohol motifs (C(OH)–C–C–N with tert-alkyl or cyclic N) is 1. The molecule has 2 aliphatic heterocycles. The van der Waals surface area contributed by atoms with Crippen molar-refractivity contribution in [3.05, 3.63) is 59.2 Å². The Kier molecular flexibility index (Phi) is 7.84. The van der Waals surface area contributed by atoms with Crippen LogP contribution < -0.4 is 9.47 Å². The molecule has 2 aromatic rings. The predicted molar refractivity (Wildman–Crippen MR) is 124 cm³/mol. The van der Waals surface area contributed by atoms with Gasteiger partial charge in [0, 0.05) is 32.1 Å². The van der Waals surface area contributed by atoms with Crippen molar-refractivity contribution in [2.24, 2.45) is 0 Å². The minimum absolute atomic E-state index is 0.178. The molecule has 0 spiro atoms. The molecule has 0 aromatic heterocycles. The minimum atomic E-state index is 0.178. The van der Waals surface area contributed by atoms with E-state index >= 15 is 0 Å². The van der Waals surface area contributed by atoms with E-state index in [2.05, 4.69) is 40.1 Å². The fourth-order valence-electron chi connectivity index (χ4n) is 4.90. The number of hydrogen-bond acceptors (Lipinski definition) is 5. The van der Waals surface area contributed by atoms with E-state index in [0.29, 0.717) is 6.54 Å². The number of aliphatic hydroxyl groups excluding tert-OH is 1. The van der Waals surface area contributed by atoms with Crippen LogP contribution in [0.5, 0.6) is 11.5 Å². The van der Waals surface area contributed by atoms with Crippen molar-refractivity contribution >= 4 is 0 Å². The molecule has 1 atom stereocenters. The van der Waals surface area contributed by atoms with E-state index in [-0.39, 0.29) is 12.5 Å². The number of likely N-dealkylation sites (tertiary alicyclic amines) is 1. The Balaban J connectivity index is 1.43. The van der Waals surface area contributed by atoms with Crippen LogP contribution >= 0.6 is 0 Å². The van der Waals surface area contributed by atoms with Gasteiger partial charge in [-0.1, -0.05) is 24.6 Å². The molecule has 0 bridgehead atoms. The third kappa shape index (κ3) is 5.79. The Labute approximate surface area is 186 Å². The van der Waals surface area contributed by atoms with Crippen molar-refractivity contribution in [2.45, 2.75) is 38.1 Å². The van der Waals surface area contributed by atoms with Gasteiger partial charge in [0.15, 0.2) is 0 Å². The highest BCUT2D eigenvalue weighted by molar-refractivity contribution is 5.45. The number of methoxy groups -OCH3 is 1. The number of aliphatic hydroxyl groups is 1. The number of nitrogens with zero attached hydrogens (tertiary/aromatic N) is 2. The molecule has 1 unspecified atom stereocenters. The van der Waals surface area contributed by atoms with Gasteiger partial charge < -0.3 is 19.5 Å². The molecule has 0 radical (unpaired) electrons. The van der Waals surface area contributed by atoms with Crippen LogP contribution in [-0.4, -0.2) is 68.0 Å². The SMILES string of the molecule is COc1ccc(C2CN(CCO)Cc3cc(OCCCN4CCCCC4)ccc32)cc1. The summed E-state index contributed by atoms with van der Waals surface area (Å²) in [6, 6.07) is 14.9. The highest BCUT2D eigenvalue weighted by Gasteiger charge is 2.26. The van der Waals surface area contributed by atoms with Gasteiger partial charge in [-0.25, -0.2) is 0 Å². The molecule has 1 fully saturated rings. The van der Waals surface area contributed by atoms with E-state index < -0.39 is 0 Å². The summed E-state index contributed by atoms with van der Waals surface area (Å²) < 4.78 is 11.4. The van der Waals surface area contributed by atoms with Crippen LogP contribution in [0.15, 0.2) is 42.5 Å². The summed E-state index contributed by atoms with van der Waals surface area (Å²) in [4.78, 5) is 4.89. The second-order valence-electron chi connectivity index (χ2n) is 8.75. The summed E-state index contributed by atoms with van der Waals surface area (Å²) in [7, 11) is 1.70. The van der Waals surface area contributed by atoms with Crippen molar-refractivity contribution in [2.75, 3.05) is 53.0 Å². The normalized spacial score (nSPS) is 19.7. The molecule has 5 heteroatoms. The first-order valence-electron chi connectivity index (χ1n) is 11.7. The van der Waals surface area contributed by atoms with E-state index in [1.165, 1.54) is 49.0 Å². The lowest BCUT2D eigenvalue weighted by atomic mass is 9.84. The Bertz CT molecular complexity index is 818. The maximum Gasteiger partial charge on any atom is 0.119 e. The molecule has 2 heterocycles. The standard InChI is InChI=1S/C26H36N2O3/c1-30-23-8-6-21(7-9-23)26-20-28(15-16-29)19-22-18-24(10-11-25(22)26)31-17-5-14-27-12-3-2-4-13-27/h6-11,18,26,29H,2-5,12-17,19-20H2,1H3. The van der Waals surface area contributed by atoms with Gasteiger partial charge >= 0.3 is 0 Å². The van der Waals surface area contributed by atoms with Gasteiger partial charge in [-0.15, -0.1) is 0 Å². The summed E-state index contributed by atoms with van der Waals surface area (Å²) in [5.74, 6) is 2.12. The first kappa shape index (κ1) is 22.1. The lowest BCUT2D eigenvalue weighted by Gasteiger charge is -2.35. The number of ether oxygens (including phenoxy) is 2. The second kappa shape index (κ2) is 11.0. The lowest BCUT2D eigenvalue weighted by molar-refractivity contribution is 0.177. The first-order valence-corrected chi connectivity index (χ1v) is 11.7. The number of fused-ring (bicyclic) bond motifs is 1. The van der Waals surface area contributed by atoms with Gasteiger partial charge in [0.05, 0.1) is 20.3 Å². The van der Waals surface area contributed by atoms with E-state index in [1.807, 2.05) is 12.1 Å². The van der Waals surface area contributed by atoms with Crippen molar-refractivity contribution < 1.29 is 14.6 Å². The zero-order valence-electron chi connectivity index (χ0n) is 18.8. The Morgan fingerprint density at radius 2 is 1.71 bits per heavy atom. The average molecular weight is 425 g/mol. The predicted octanol–water partition coefficient (Wildman–Crippen LogP) is 3.89. The zero-order chi connectivity index (χ0) is 21.5. The Morgan fingerprint density at radius 3 is 2.45 bits per heavy atom. The van der Waals surface area contributed by atoms with Gasteiger partial charge in [0.1, 0.15) is 11.5 Å². The highest BCUT2D eigenvalue weighted by Crippen LogP contribution is 2.36. The molecule has 1 N–H and O–H groups in total. The van der Waals surface area contributed by atoms with Gasteiger partial charge in [0.25, 0.3) is 0 Å². The van der Waals surface area contributed by atoms with E-state index in [1.54, 1.807) is 7.11 Å². The summed E-state index contributed by atoms with van der Waals surface area (Å²) in [5.41, 5.74) is 3.94. The molecule has 31 heavy (non-hydrogen) atoms. The van der Waals surface area contributed by atoms with E-state index in [0.717, 1.165) is 44.2 Å². The molecule has 0 aliphatic carbocycles. The van der Waals surface area contributed by atoms with Crippen molar-refractivity contribution in [3.63, 3.8) is 0 Å². The van der Waals surface area contributed by atoms with E-state index in [9.17, 15) is 5.11 Å². The molecular formula is C26H36N2O3. The number of benzene rings is 2. The van der Waals surface area contributed by atoms with Crippen LogP contribution in [0.4, 0.5) is 0 Å². The van der Waals surface area contributed by atoms with Crippen LogP contribution in [0.1, 0.15) is 48.3 Å². The van der Waals surface area contributed by atoms with Crippen molar-refractivity contribution in [3.8, 4) is 11.5 Å². The molecule has 0 amide bonds. The molecule has 2 aromatic carbocycles. The molecule has 4 rings (SSSR count). The lowest BCUT2D eigenvalue weighted by Crippen LogP contribution is -2.36. The Hall–Kier alpha value is -2.08. The van der Waals surface area contributed by atoms with Crippen LogP contribution in [0.3, 0.4) is 0 Å². The highest BCUT2D eigenvalue weighted by atomic mass is 16.5. The maximum atomic E-state index is 9.51. The minimum Gasteiger partial charge on any atom is -0.497 e. The number of piperidine rings is 1. The second-order valence-corrected chi connectivity index (χ2v) is 8.75. The van der Waals surface area contributed by atoms with Crippen LogP contribution in [0.2, 0.25) is 0 Å². The topological polar surface area (TPSA) is 45.2 Å². The summed E-state index contributed by atoms with van der Waals surface area (Å²) in [6.07, 6.45) is 5.13. The van der Waals surface area contributed by atoms with Gasteiger partial charge in [-0.2, -0.15) is 0 Å². The number of hydrogen-bond donors (Lipinski definition) is 1. The zero-order valence-corrected chi connectivity index (χ0v) is 18.8. The van der Waals surface area contributed by atoms with Crippen molar-refractivity contribution in [1.82, 2.24) is 9.80 Å². The van der Waals surface area contributed by atoms with Crippen LogP contribution in [-0.2, 0) is 6.54 Å². The monoisotopic (exact) mass is 424 g/mol. The third-order valence-corrected chi connectivity index (χ3v) is 6.60. The van der Waals surface area contributed by atoms with E-state index in [4.69, 9.17) is 9.47 Å². The fourth-order valence-corrected chi connectivity index (χ4v) is 4.90. The summed E-state index contributed by atoms with van der Waals surface area (Å²) in [6.45, 7) is 7.01. The molecule has 2 aliphatic rings. The third-order valence-electron chi connectivity index (χ3n) is 6.60. The fraction of sp³-hybridized carbons (Fsp3) is 0.538. The molecule has 5 nitrogen and oxygen atoms in total. The largest absolute Gasteiger partial charge is 0.497 e. The van der Waals surface area contributed by atoms with Gasteiger partial charge in [-0.05, 0) is 73.3 Å².